The molecule has 132 valence electrons. The first-order valence-corrected chi connectivity index (χ1v) is 8.42. The van der Waals surface area contributed by atoms with Gasteiger partial charge in [-0.3, -0.25) is 4.79 Å². The molecule has 0 aromatic heterocycles. The molecule has 0 aliphatic rings. The molecule has 0 aliphatic carbocycles. The van der Waals surface area contributed by atoms with Crippen LogP contribution < -0.4 is 10.1 Å². The molecule has 0 saturated carbocycles. The van der Waals surface area contributed by atoms with Crippen LogP contribution in [0.25, 0.3) is 0 Å². The Balaban J connectivity index is 2.15. The fraction of sp³-hybridized carbons (Fsp3) is 0.263. The summed E-state index contributed by atoms with van der Waals surface area (Å²) in [5.74, 6) is -0.414. The van der Waals surface area contributed by atoms with Gasteiger partial charge in [-0.05, 0) is 37.6 Å². The molecule has 5 nitrogen and oxygen atoms in total. The average molecular weight is 362 g/mol. The Hall–Kier alpha value is -2.53. The van der Waals surface area contributed by atoms with E-state index in [1.54, 1.807) is 55.5 Å². The van der Waals surface area contributed by atoms with E-state index in [1.165, 1.54) is 0 Å². The van der Waals surface area contributed by atoms with Gasteiger partial charge in [0.2, 0.25) is 0 Å². The minimum absolute atomic E-state index is 0.258. The van der Waals surface area contributed by atoms with Gasteiger partial charge >= 0.3 is 5.97 Å². The normalized spacial score (nSPS) is 11.5. The molecule has 2 aromatic rings. The van der Waals surface area contributed by atoms with Crippen LogP contribution in [0.5, 0.6) is 5.75 Å². The zero-order chi connectivity index (χ0) is 18.2. The Labute approximate surface area is 151 Å². The molecule has 1 N–H and O–H groups in total. The molecule has 0 unspecified atom stereocenters. The van der Waals surface area contributed by atoms with Gasteiger partial charge in [0.1, 0.15) is 5.75 Å². The number of amides is 1. The van der Waals surface area contributed by atoms with E-state index in [9.17, 15) is 9.59 Å². The van der Waals surface area contributed by atoms with Crippen molar-refractivity contribution in [3.05, 3.63) is 59.1 Å². The third kappa shape index (κ3) is 4.97. The van der Waals surface area contributed by atoms with Crippen LogP contribution in [0, 0.1) is 0 Å². The average Bonchev–Trinajstić information content (AvgIpc) is 2.61. The van der Waals surface area contributed by atoms with Gasteiger partial charge in [-0.15, -0.1) is 0 Å². The highest BCUT2D eigenvalue weighted by Crippen LogP contribution is 2.25. The Morgan fingerprint density at radius 2 is 1.76 bits per heavy atom. The Kier molecular flexibility index (Phi) is 6.83. The molecule has 0 spiro atoms. The zero-order valence-corrected chi connectivity index (χ0v) is 14.9. The van der Waals surface area contributed by atoms with Gasteiger partial charge in [-0.1, -0.05) is 42.8 Å². The summed E-state index contributed by atoms with van der Waals surface area (Å²) in [6.07, 6.45) is -0.298. The van der Waals surface area contributed by atoms with Crippen LogP contribution in [0.1, 0.15) is 30.6 Å². The maximum Gasteiger partial charge on any atom is 0.340 e. The monoisotopic (exact) mass is 361 g/mol. The lowest BCUT2D eigenvalue weighted by molar-refractivity contribution is -0.122. The summed E-state index contributed by atoms with van der Waals surface area (Å²) in [6.45, 7) is 3.82. The number of para-hydroxylation sites is 2. The fourth-order valence-corrected chi connectivity index (χ4v) is 2.39. The van der Waals surface area contributed by atoms with Crippen molar-refractivity contribution in [2.24, 2.45) is 0 Å². The molecule has 0 fully saturated rings. The molecule has 0 radical (unpaired) electrons. The highest BCUT2D eigenvalue weighted by atomic mass is 35.5. The molecular weight excluding hydrogens is 342 g/mol. The second-order valence-electron chi connectivity index (χ2n) is 5.20. The van der Waals surface area contributed by atoms with E-state index in [2.05, 4.69) is 5.32 Å². The quantitative estimate of drug-likeness (QED) is 0.746. The largest absolute Gasteiger partial charge is 0.479 e. The number of carbonyl (C=O) groups excluding carboxylic acids is 2. The van der Waals surface area contributed by atoms with E-state index in [1.807, 2.05) is 6.92 Å². The zero-order valence-electron chi connectivity index (χ0n) is 14.1. The summed E-state index contributed by atoms with van der Waals surface area (Å²) < 4.78 is 10.7. The first-order valence-electron chi connectivity index (χ1n) is 8.05. The molecule has 6 heteroatoms. The van der Waals surface area contributed by atoms with E-state index in [-0.39, 0.29) is 12.5 Å². The summed E-state index contributed by atoms with van der Waals surface area (Å²) in [4.78, 5) is 24.6. The summed E-state index contributed by atoms with van der Waals surface area (Å²) in [5, 5.41) is 3.16. The molecule has 0 aliphatic heterocycles. The number of carbonyl (C=O) groups is 2. The summed E-state index contributed by atoms with van der Waals surface area (Å²) in [7, 11) is 0. The molecule has 25 heavy (non-hydrogen) atoms. The number of rotatable bonds is 7. The van der Waals surface area contributed by atoms with E-state index in [4.69, 9.17) is 21.1 Å². The lowest BCUT2D eigenvalue weighted by Gasteiger charge is -2.19. The highest BCUT2D eigenvalue weighted by Gasteiger charge is 2.22. The van der Waals surface area contributed by atoms with E-state index in [0.717, 1.165) is 0 Å². The summed E-state index contributed by atoms with van der Waals surface area (Å²) in [5.41, 5.74) is 0.678. The third-order valence-corrected chi connectivity index (χ3v) is 3.76. The van der Waals surface area contributed by atoms with Gasteiger partial charge in [0, 0.05) is 0 Å². The number of benzene rings is 2. The fourth-order valence-electron chi connectivity index (χ4n) is 2.21. The van der Waals surface area contributed by atoms with E-state index < -0.39 is 12.1 Å². The first kappa shape index (κ1) is 18.8. The summed E-state index contributed by atoms with van der Waals surface area (Å²) >= 11 is 6.07. The van der Waals surface area contributed by atoms with Crippen LogP contribution in [0.3, 0.4) is 0 Å². The van der Waals surface area contributed by atoms with Crippen LogP contribution in [-0.4, -0.2) is 24.6 Å². The van der Waals surface area contributed by atoms with Crippen LogP contribution in [0.4, 0.5) is 5.69 Å². The van der Waals surface area contributed by atoms with Crippen molar-refractivity contribution >= 4 is 29.2 Å². The molecule has 1 amide bonds. The number of halogens is 1. The maximum atomic E-state index is 12.6. The number of hydrogen-bond donors (Lipinski definition) is 1. The smallest absolute Gasteiger partial charge is 0.340 e. The van der Waals surface area contributed by atoms with Crippen molar-refractivity contribution < 1.29 is 19.1 Å². The number of ether oxygens (including phenoxy) is 2. The third-order valence-electron chi connectivity index (χ3n) is 3.45. The van der Waals surface area contributed by atoms with Crippen LogP contribution in [0.2, 0.25) is 5.02 Å². The van der Waals surface area contributed by atoms with Gasteiger partial charge < -0.3 is 14.8 Å². The van der Waals surface area contributed by atoms with Gasteiger partial charge in [0.05, 0.1) is 22.9 Å². The first-order chi connectivity index (χ1) is 12.1. The predicted molar refractivity (Wildman–Crippen MR) is 97.2 cm³/mol. The topological polar surface area (TPSA) is 64.6 Å². The van der Waals surface area contributed by atoms with Crippen molar-refractivity contribution in [1.82, 2.24) is 0 Å². The standard InChI is InChI=1S/C19H20ClNO4/c1-3-16(25-17-12-8-6-10-14(17)20)18(22)21-15-11-7-5-9-13(15)19(23)24-4-2/h5-12,16H,3-4H2,1-2H3,(H,21,22)/t16-/m1/s1. The second kappa shape index (κ2) is 9.08. The van der Waals surface area contributed by atoms with Gasteiger partial charge in [0.25, 0.3) is 5.91 Å². The molecule has 0 heterocycles. The molecule has 2 aromatic carbocycles. The minimum Gasteiger partial charge on any atom is -0.479 e. The number of hydrogen-bond acceptors (Lipinski definition) is 4. The Morgan fingerprint density at radius 1 is 1.08 bits per heavy atom. The molecule has 0 bridgehead atoms. The lowest BCUT2D eigenvalue weighted by atomic mass is 10.1. The van der Waals surface area contributed by atoms with E-state index >= 15 is 0 Å². The van der Waals surface area contributed by atoms with Crippen molar-refractivity contribution in [3.8, 4) is 5.75 Å². The van der Waals surface area contributed by atoms with Crippen molar-refractivity contribution in [2.75, 3.05) is 11.9 Å². The highest BCUT2D eigenvalue weighted by molar-refractivity contribution is 6.32. The number of nitrogens with one attached hydrogen (secondary N) is 1. The maximum absolute atomic E-state index is 12.6. The van der Waals surface area contributed by atoms with Crippen LogP contribution >= 0.6 is 11.6 Å². The molecule has 1 atom stereocenters. The van der Waals surface area contributed by atoms with Gasteiger partial charge in [-0.2, -0.15) is 0 Å². The van der Waals surface area contributed by atoms with E-state index in [0.29, 0.717) is 28.4 Å². The number of anilines is 1. The molecular formula is C19H20ClNO4. The number of esters is 1. The van der Waals surface area contributed by atoms with Crippen LogP contribution in [-0.2, 0) is 9.53 Å². The van der Waals surface area contributed by atoms with Gasteiger partial charge in [0.15, 0.2) is 6.10 Å². The Morgan fingerprint density at radius 3 is 2.44 bits per heavy atom. The minimum atomic E-state index is -0.741. The van der Waals surface area contributed by atoms with Crippen molar-refractivity contribution in [3.63, 3.8) is 0 Å². The SMILES string of the molecule is CCOC(=O)c1ccccc1NC(=O)[C@@H](CC)Oc1ccccc1Cl. The van der Waals surface area contributed by atoms with Crippen molar-refractivity contribution in [2.45, 2.75) is 26.4 Å². The van der Waals surface area contributed by atoms with Crippen LogP contribution in [0.15, 0.2) is 48.5 Å². The summed E-state index contributed by atoms with van der Waals surface area (Å²) in [6, 6.07) is 13.6. The predicted octanol–water partition coefficient (Wildman–Crippen LogP) is 4.31. The van der Waals surface area contributed by atoms with Gasteiger partial charge in [-0.25, -0.2) is 4.79 Å². The Bertz CT molecular complexity index is 748. The molecule has 0 saturated heterocycles. The van der Waals surface area contributed by atoms with Crippen molar-refractivity contribution in [1.29, 1.82) is 0 Å². The second-order valence-corrected chi connectivity index (χ2v) is 5.61. The molecule has 2 rings (SSSR count). The lowest BCUT2D eigenvalue weighted by Crippen LogP contribution is -2.33.